The lowest BCUT2D eigenvalue weighted by Gasteiger charge is -2.22. The van der Waals surface area contributed by atoms with Gasteiger partial charge in [0.1, 0.15) is 18.5 Å². The van der Waals surface area contributed by atoms with E-state index in [4.69, 9.17) is 23.4 Å². The van der Waals surface area contributed by atoms with Crippen molar-refractivity contribution < 1.29 is 37.7 Å². The topological polar surface area (TPSA) is 101 Å². The maximum Gasteiger partial charge on any atom is 0.303 e. The summed E-state index contributed by atoms with van der Waals surface area (Å²) in [5.41, 5.74) is 0. The Morgan fingerprint density at radius 1 is 1.04 bits per heavy atom. The van der Waals surface area contributed by atoms with Gasteiger partial charge in [0.05, 0.1) is 6.26 Å². The van der Waals surface area contributed by atoms with Crippen LogP contribution in [0.5, 0.6) is 0 Å². The minimum absolute atomic E-state index is 0.137. The Morgan fingerprint density at radius 3 is 2.22 bits per heavy atom. The molecule has 0 radical (unpaired) electrons. The average Bonchev–Trinajstić information content (AvgIpc) is 3.05. The first-order valence-corrected chi connectivity index (χ1v) is 7.05. The van der Waals surface area contributed by atoms with Crippen LogP contribution in [0.4, 0.5) is 0 Å². The van der Waals surface area contributed by atoms with Crippen molar-refractivity contribution in [2.75, 3.05) is 6.61 Å². The van der Waals surface area contributed by atoms with Gasteiger partial charge in [-0.1, -0.05) is 0 Å². The number of hydrogen-bond acceptors (Lipinski definition) is 8. The van der Waals surface area contributed by atoms with Crippen molar-refractivity contribution >= 4 is 17.9 Å². The molecule has 0 bridgehead atoms. The van der Waals surface area contributed by atoms with Crippen molar-refractivity contribution in [2.24, 2.45) is 0 Å². The third-order valence-corrected chi connectivity index (χ3v) is 3.19. The SMILES string of the molecule is CC(=O)OC[C@H]1O[C@@H](c2ccco2)[C@H](OC(C)=O)[C@@H]1OC(C)=O. The minimum Gasteiger partial charge on any atom is -0.466 e. The molecular formula is C15H18O8. The van der Waals surface area contributed by atoms with Gasteiger partial charge >= 0.3 is 17.9 Å². The molecule has 0 unspecified atom stereocenters. The number of hydrogen-bond donors (Lipinski definition) is 0. The maximum atomic E-state index is 11.4. The van der Waals surface area contributed by atoms with Crippen LogP contribution in [-0.2, 0) is 33.3 Å². The van der Waals surface area contributed by atoms with E-state index < -0.39 is 42.3 Å². The summed E-state index contributed by atoms with van der Waals surface area (Å²) in [6.45, 7) is 3.59. The molecule has 0 aromatic carbocycles. The standard InChI is InChI=1S/C15H18O8/c1-8(16)20-7-12-14(21-9(2)17)15(22-10(3)18)13(23-12)11-5-4-6-19-11/h4-6,12-15H,7H2,1-3H3/t12-,13+,14-,15+/m1/s1. The first kappa shape index (κ1) is 17.0. The Balaban J connectivity index is 2.25. The highest BCUT2D eigenvalue weighted by Gasteiger charge is 2.51. The monoisotopic (exact) mass is 326 g/mol. The van der Waals surface area contributed by atoms with Crippen LogP contribution in [0, 0.1) is 0 Å². The lowest BCUT2D eigenvalue weighted by molar-refractivity contribution is -0.165. The van der Waals surface area contributed by atoms with Gasteiger partial charge in [0.2, 0.25) is 0 Å². The molecule has 8 nitrogen and oxygen atoms in total. The molecule has 2 heterocycles. The zero-order chi connectivity index (χ0) is 17.0. The van der Waals surface area contributed by atoms with Gasteiger partial charge in [0.25, 0.3) is 0 Å². The summed E-state index contributed by atoms with van der Waals surface area (Å²) in [5, 5.41) is 0. The van der Waals surface area contributed by atoms with Crippen molar-refractivity contribution in [1.82, 2.24) is 0 Å². The molecular weight excluding hydrogens is 308 g/mol. The van der Waals surface area contributed by atoms with Gasteiger partial charge in [-0.25, -0.2) is 0 Å². The fourth-order valence-corrected chi connectivity index (χ4v) is 2.40. The van der Waals surface area contributed by atoms with Crippen molar-refractivity contribution in [3.8, 4) is 0 Å². The maximum absolute atomic E-state index is 11.4. The molecule has 1 fully saturated rings. The number of esters is 3. The van der Waals surface area contributed by atoms with Crippen molar-refractivity contribution in [1.29, 1.82) is 0 Å². The fraction of sp³-hybridized carbons (Fsp3) is 0.533. The second-order valence-corrected chi connectivity index (χ2v) is 5.06. The fourth-order valence-electron chi connectivity index (χ4n) is 2.40. The predicted molar refractivity (Wildman–Crippen MR) is 74.1 cm³/mol. The molecule has 1 aliphatic rings. The summed E-state index contributed by atoms with van der Waals surface area (Å²) in [4.78, 5) is 33.8. The molecule has 1 aromatic rings. The smallest absolute Gasteiger partial charge is 0.303 e. The molecule has 8 heteroatoms. The zero-order valence-corrected chi connectivity index (χ0v) is 13.0. The second kappa shape index (κ2) is 7.28. The van der Waals surface area contributed by atoms with Crippen LogP contribution >= 0.6 is 0 Å². The Hall–Kier alpha value is -2.35. The summed E-state index contributed by atoms with van der Waals surface area (Å²) in [6.07, 6.45) is -1.90. The third kappa shape index (κ3) is 4.32. The van der Waals surface area contributed by atoms with Crippen LogP contribution in [0.25, 0.3) is 0 Å². The van der Waals surface area contributed by atoms with E-state index in [1.54, 1.807) is 12.1 Å². The van der Waals surface area contributed by atoms with Gasteiger partial charge in [0, 0.05) is 20.8 Å². The Bertz CT molecular complexity index is 564. The van der Waals surface area contributed by atoms with Gasteiger partial charge < -0.3 is 23.4 Å². The summed E-state index contributed by atoms with van der Waals surface area (Å²) in [6, 6.07) is 3.31. The van der Waals surface area contributed by atoms with E-state index in [0.717, 1.165) is 0 Å². The van der Waals surface area contributed by atoms with Crippen LogP contribution in [-0.4, -0.2) is 42.8 Å². The average molecular weight is 326 g/mol. The van der Waals surface area contributed by atoms with Gasteiger partial charge in [0.15, 0.2) is 18.3 Å². The largest absolute Gasteiger partial charge is 0.466 e. The van der Waals surface area contributed by atoms with Crippen LogP contribution in [0.1, 0.15) is 32.6 Å². The molecule has 0 amide bonds. The van der Waals surface area contributed by atoms with Gasteiger partial charge in [-0.2, -0.15) is 0 Å². The van der Waals surface area contributed by atoms with E-state index in [1.165, 1.54) is 27.0 Å². The number of furan rings is 1. The van der Waals surface area contributed by atoms with E-state index in [2.05, 4.69) is 0 Å². The number of carbonyl (C=O) groups is 3. The van der Waals surface area contributed by atoms with E-state index in [9.17, 15) is 14.4 Å². The van der Waals surface area contributed by atoms with Crippen molar-refractivity contribution in [2.45, 2.75) is 45.2 Å². The summed E-state index contributed by atoms with van der Waals surface area (Å²) >= 11 is 0. The Morgan fingerprint density at radius 2 is 1.70 bits per heavy atom. The third-order valence-electron chi connectivity index (χ3n) is 3.19. The van der Waals surface area contributed by atoms with E-state index in [0.29, 0.717) is 5.76 Å². The highest BCUT2D eigenvalue weighted by Crippen LogP contribution is 2.37. The molecule has 126 valence electrons. The van der Waals surface area contributed by atoms with Crippen molar-refractivity contribution in [3.63, 3.8) is 0 Å². The number of ether oxygens (including phenoxy) is 4. The molecule has 0 saturated carbocycles. The van der Waals surface area contributed by atoms with Gasteiger partial charge in [-0.15, -0.1) is 0 Å². The van der Waals surface area contributed by atoms with Crippen LogP contribution in [0.2, 0.25) is 0 Å². The quantitative estimate of drug-likeness (QED) is 0.586. The molecule has 1 saturated heterocycles. The van der Waals surface area contributed by atoms with Gasteiger partial charge in [-0.05, 0) is 12.1 Å². The molecule has 1 aliphatic heterocycles. The molecule has 1 aromatic heterocycles. The Kier molecular flexibility index (Phi) is 5.38. The van der Waals surface area contributed by atoms with Crippen LogP contribution in [0.15, 0.2) is 22.8 Å². The summed E-state index contributed by atoms with van der Waals surface area (Å²) in [5.74, 6) is -1.21. The normalized spacial score (nSPS) is 26.6. The predicted octanol–water partition coefficient (Wildman–Crippen LogP) is 1.15. The highest BCUT2D eigenvalue weighted by atomic mass is 16.7. The van der Waals surface area contributed by atoms with Crippen LogP contribution < -0.4 is 0 Å². The van der Waals surface area contributed by atoms with E-state index in [-0.39, 0.29) is 6.61 Å². The first-order valence-electron chi connectivity index (χ1n) is 7.05. The number of rotatable bonds is 5. The molecule has 0 aliphatic carbocycles. The number of carbonyl (C=O) groups excluding carboxylic acids is 3. The summed E-state index contributed by atoms with van der Waals surface area (Å²) in [7, 11) is 0. The van der Waals surface area contributed by atoms with E-state index in [1.807, 2.05) is 0 Å². The van der Waals surface area contributed by atoms with Crippen LogP contribution in [0.3, 0.4) is 0 Å². The molecule has 2 rings (SSSR count). The molecule has 4 atom stereocenters. The molecule has 0 spiro atoms. The molecule has 23 heavy (non-hydrogen) atoms. The second-order valence-electron chi connectivity index (χ2n) is 5.06. The van der Waals surface area contributed by atoms with Gasteiger partial charge in [-0.3, -0.25) is 14.4 Å². The minimum atomic E-state index is -0.911. The zero-order valence-electron chi connectivity index (χ0n) is 13.0. The summed E-state index contributed by atoms with van der Waals surface area (Å²) < 4.78 is 26.5. The first-order chi connectivity index (χ1) is 10.9. The lowest BCUT2D eigenvalue weighted by atomic mass is 10.1. The Labute approximate surface area is 132 Å². The highest BCUT2D eigenvalue weighted by molar-refractivity contribution is 5.68. The lowest BCUT2D eigenvalue weighted by Crippen LogP contribution is -2.40. The van der Waals surface area contributed by atoms with E-state index >= 15 is 0 Å². The van der Waals surface area contributed by atoms with Crippen molar-refractivity contribution in [3.05, 3.63) is 24.2 Å². The molecule has 0 N–H and O–H groups in total.